The standard InChI is InChI=1S/C17H28N2OS/c1-20-12-9-18-14-16-6-5-10-19(15-16)11-13-21-17-7-3-2-4-8-17/h2-4,7-8,16,18H,5-6,9-15H2,1H3. The van der Waals surface area contributed by atoms with Gasteiger partial charge in [-0.05, 0) is 44.0 Å². The van der Waals surface area contributed by atoms with E-state index in [1.807, 2.05) is 11.8 Å². The Labute approximate surface area is 133 Å². The van der Waals surface area contributed by atoms with Gasteiger partial charge in [-0.1, -0.05) is 18.2 Å². The van der Waals surface area contributed by atoms with Crippen LogP contribution in [0.25, 0.3) is 0 Å². The van der Waals surface area contributed by atoms with Crippen LogP contribution in [0.1, 0.15) is 12.8 Å². The lowest BCUT2D eigenvalue weighted by Crippen LogP contribution is -2.41. The molecule has 0 saturated carbocycles. The summed E-state index contributed by atoms with van der Waals surface area (Å²) in [7, 11) is 1.76. The first-order chi connectivity index (χ1) is 10.4. The number of piperidine rings is 1. The van der Waals surface area contributed by atoms with Crippen LogP contribution in [-0.4, -0.2) is 57.1 Å². The average Bonchev–Trinajstić information content (AvgIpc) is 2.53. The summed E-state index contributed by atoms with van der Waals surface area (Å²) in [6.45, 7) is 6.63. The fourth-order valence-corrected chi connectivity index (χ4v) is 3.75. The smallest absolute Gasteiger partial charge is 0.0587 e. The summed E-state index contributed by atoms with van der Waals surface area (Å²) in [6, 6.07) is 10.7. The summed E-state index contributed by atoms with van der Waals surface area (Å²) in [5.74, 6) is 1.99. The van der Waals surface area contributed by atoms with Crippen molar-refractivity contribution in [3.05, 3.63) is 30.3 Å². The van der Waals surface area contributed by atoms with Crippen LogP contribution >= 0.6 is 11.8 Å². The van der Waals surface area contributed by atoms with E-state index in [-0.39, 0.29) is 0 Å². The Hall–Kier alpha value is -0.550. The SMILES string of the molecule is COCCNCC1CCCN(CCSc2ccccc2)C1. The highest BCUT2D eigenvalue weighted by atomic mass is 32.2. The van der Waals surface area contributed by atoms with Crippen molar-refractivity contribution in [2.24, 2.45) is 5.92 Å². The molecule has 21 heavy (non-hydrogen) atoms. The number of likely N-dealkylation sites (tertiary alicyclic amines) is 1. The van der Waals surface area contributed by atoms with E-state index in [4.69, 9.17) is 4.74 Å². The molecule has 0 amide bonds. The number of nitrogens with one attached hydrogen (secondary N) is 1. The Morgan fingerprint density at radius 2 is 2.19 bits per heavy atom. The summed E-state index contributed by atoms with van der Waals surface area (Å²) < 4.78 is 5.07. The molecule has 118 valence electrons. The third-order valence-corrected chi connectivity index (χ3v) is 4.93. The van der Waals surface area contributed by atoms with Crippen LogP contribution in [0, 0.1) is 5.92 Å². The average molecular weight is 308 g/mol. The summed E-state index contributed by atoms with van der Waals surface area (Å²) in [5, 5.41) is 3.50. The molecule has 1 atom stereocenters. The van der Waals surface area contributed by atoms with Crippen molar-refractivity contribution in [2.45, 2.75) is 17.7 Å². The maximum absolute atomic E-state index is 5.07. The lowest BCUT2D eigenvalue weighted by molar-refractivity contribution is 0.171. The predicted molar refractivity (Wildman–Crippen MR) is 91.1 cm³/mol. The lowest BCUT2D eigenvalue weighted by atomic mass is 9.98. The van der Waals surface area contributed by atoms with Gasteiger partial charge in [-0.15, -0.1) is 11.8 Å². The minimum atomic E-state index is 0.803. The van der Waals surface area contributed by atoms with Crippen molar-refractivity contribution >= 4 is 11.8 Å². The monoisotopic (exact) mass is 308 g/mol. The number of nitrogens with zero attached hydrogens (tertiary/aromatic N) is 1. The quantitative estimate of drug-likeness (QED) is 0.560. The van der Waals surface area contributed by atoms with Crippen LogP contribution in [0.2, 0.25) is 0 Å². The van der Waals surface area contributed by atoms with Gasteiger partial charge in [0, 0.05) is 37.4 Å². The van der Waals surface area contributed by atoms with E-state index < -0.39 is 0 Å². The van der Waals surface area contributed by atoms with Crippen molar-refractivity contribution in [3.63, 3.8) is 0 Å². The summed E-state index contributed by atoms with van der Waals surface area (Å²) >= 11 is 1.97. The van der Waals surface area contributed by atoms with Crippen molar-refractivity contribution in [1.82, 2.24) is 10.2 Å². The van der Waals surface area contributed by atoms with Crippen molar-refractivity contribution < 1.29 is 4.74 Å². The van der Waals surface area contributed by atoms with Gasteiger partial charge in [0.1, 0.15) is 0 Å². The van der Waals surface area contributed by atoms with Gasteiger partial charge in [0.25, 0.3) is 0 Å². The van der Waals surface area contributed by atoms with Crippen molar-refractivity contribution in [2.75, 3.05) is 52.2 Å². The number of methoxy groups -OCH3 is 1. The van der Waals surface area contributed by atoms with Crippen LogP contribution in [0.15, 0.2) is 35.2 Å². The van der Waals surface area contributed by atoms with Crippen molar-refractivity contribution in [1.29, 1.82) is 0 Å². The van der Waals surface area contributed by atoms with Gasteiger partial charge in [0.05, 0.1) is 6.61 Å². The highest BCUT2D eigenvalue weighted by Gasteiger charge is 2.19. The second-order valence-corrected chi connectivity index (χ2v) is 6.84. The molecule has 1 fully saturated rings. The molecule has 1 aliphatic heterocycles. The molecule has 1 aromatic rings. The Morgan fingerprint density at radius 3 is 3.00 bits per heavy atom. The minimum Gasteiger partial charge on any atom is -0.383 e. The molecule has 1 aromatic carbocycles. The van der Waals surface area contributed by atoms with Gasteiger partial charge < -0.3 is 15.0 Å². The van der Waals surface area contributed by atoms with Gasteiger partial charge in [-0.25, -0.2) is 0 Å². The highest BCUT2D eigenvalue weighted by Crippen LogP contribution is 2.19. The maximum Gasteiger partial charge on any atom is 0.0587 e. The molecule has 1 N–H and O–H groups in total. The van der Waals surface area contributed by atoms with Gasteiger partial charge >= 0.3 is 0 Å². The van der Waals surface area contributed by atoms with E-state index >= 15 is 0 Å². The van der Waals surface area contributed by atoms with Crippen LogP contribution < -0.4 is 5.32 Å². The number of ether oxygens (including phenoxy) is 1. The van der Waals surface area contributed by atoms with Crippen LogP contribution in [0.4, 0.5) is 0 Å². The molecule has 2 rings (SSSR count). The maximum atomic E-state index is 5.07. The molecular weight excluding hydrogens is 280 g/mol. The molecule has 0 aliphatic carbocycles. The zero-order valence-electron chi connectivity index (χ0n) is 13.1. The Morgan fingerprint density at radius 1 is 1.33 bits per heavy atom. The zero-order valence-corrected chi connectivity index (χ0v) is 13.9. The highest BCUT2D eigenvalue weighted by molar-refractivity contribution is 7.99. The predicted octanol–water partition coefficient (Wildman–Crippen LogP) is 2.73. The number of hydrogen-bond donors (Lipinski definition) is 1. The molecule has 0 bridgehead atoms. The van der Waals surface area contributed by atoms with Gasteiger partial charge in [0.2, 0.25) is 0 Å². The number of hydrogen-bond acceptors (Lipinski definition) is 4. The zero-order chi connectivity index (χ0) is 14.8. The van der Waals surface area contributed by atoms with Crippen LogP contribution in [-0.2, 0) is 4.74 Å². The lowest BCUT2D eigenvalue weighted by Gasteiger charge is -2.32. The third-order valence-electron chi connectivity index (χ3n) is 3.94. The fraction of sp³-hybridized carbons (Fsp3) is 0.647. The Balaban J connectivity index is 1.60. The summed E-state index contributed by atoms with van der Waals surface area (Å²) in [4.78, 5) is 4.01. The van der Waals surface area contributed by atoms with E-state index in [0.29, 0.717) is 0 Å². The van der Waals surface area contributed by atoms with E-state index in [1.54, 1.807) is 7.11 Å². The molecular formula is C17H28N2OS. The molecule has 1 heterocycles. The molecule has 1 aliphatic rings. The Bertz CT molecular complexity index is 374. The first-order valence-corrected chi connectivity index (χ1v) is 8.97. The molecule has 0 aromatic heterocycles. The van der Waals surface area contributed by atoms with Crippen LogP contribution in [0.3, 0.4) is 0 Å². The first kappa shape index (κ1) is 16.8. The van der Waals surface area contributed by atoms with E-state index in [0.717, 1.165) is 25.6 Å². The van der Waals surface area contributed by atoms with Gasteiger partial charge in [-0.2, -0.15) is 0 Å². The molecule has 0 radical (unpaired) electrons. The molecule has 1 unspecified atom stereocenters. The normalized spacial score (nSPS) is 19.8. The van der Waals surface area contributed by atoms with E-state index in [2.05, 4.69) is 40.5 Å². The minimum absolute atomic E-state index is 0.803. The number of rotatable bonds is 9. The molecule has 4 heteroatoms. The largest absolute Gasteiger partial charge is 0.383 e. The van der Waals surface area contributed by atoms with Gasteiger partial charge in [0.15, 0.2) is 0 Å². The van der Waals surface area contributed by atoms with E-state index in [1.165, 1.54) is 43.1 Å². The number of benzene rings is 1. The Kier molecular flexibility index (Phi) is 8.18. The van der Waals surface area contributed by atoms with Crippen molar-refractivity contribution in [3.8, 4) is 0 Å². The number of thioether (sulfide) groups is 1. The van der Waals surface area contributed by atoms with Gasteiger partial charge in [-0.3, -0.25) is 0 Å². The molecule has 0 spiro atoms. The topological polar surface area (TPSA) is 24.5 Å². The second-order valence-electron chi connectivity index (χ2n) is 5.67. The summed E-state index contributed by atoms with van der Waals surface area (Å²) in [6.07, 6.45) is 2.70. The fourth-order valence-electron chi connectivity index (χ4n) is 2.81. The third kappa shape index (κ3) is 6.83. The molecule has 3 nitrogen and oxygen atoms in total. The van der Waals surface area contributed by atoms with E-state index in [9.17, 15) is 0 Å². The molecule has 1 saturated heterocycles. The van der Waals surface area contributed by atoms with Crippen LogP contribution in [0.5, 0.6) is 0 Å². The first-order valence-electron chi connectivity index (χ1n) is 7.98. The second kappa shape index (κ2) is 10.2. The summed E-state index contributed by atoms with van der Waals surface area (Å²) in [5.41, 5.74) is 0.